The van der Waals surface area contributed by atoms with Crippen molar-refractivity contribution < 1.29 is 4.79 Å². The number of carbonyl (C=O) groups excluding carboxylic acids is 1. The summed E-state index contributed by atoms with van der Waals surface area (Å²) in [6, 6.07) is 26.2. The van der Waals surface area contributed by atoms with Crippen LogP contribution in [0.25, 0.3) is 31.6 Å². The first kappa shape index (κ1) is 17.9. The highest BCUT2D eigenvalue weighted by atomic mass is 35.5. The van der Waals surface area contributed by atoms with E-state index in [9.17, 15) is 4.79 Å². The Labute approximate surface area is 176 Å². The maximum Gasteiger partial charge on any atom is 0.283 e. The number of halogens is 1. The Balaban J connectivity index is 1.52. The molecule has 0 spiro atoms. The highest BCUT2D eigenvalue weighted by molar-refractivity contribution is 7.21. The van der Waals surface area contributed by atoms with Gasteiger partial charge < -0.3 is 0 Å². The number of hydrogen-bond acceptors (Lipinski definition) is 3. The topological polar surface area (TPSA) is 41.5 Å². The fourth-order valence-corrected chi connectivity index (χ4v) is 4.96. The molecule has 0 fully saturated rings. The summed E-state index contributed by atoms with van der Waals surface area (Å²) < 4.78 is 0.978. The van der Waals surface area contributed by atoms with Crippen molar-refractivity contribution in [2.24, 2.45) is 5.10 Å². The zero-order valence-corrected chi connectivity index (χ0v) is 16.8. The SMILES string of the molecule is O=C(N/N=C/c1c2ccccc2cc2ccccc12)c1sc2ccccc2c1Cl. The number of carbonyl (C=O) groups is 1. The van der Waals surface area contributed by atoms with Crippen LogP contribution in [0.2, 0.25) is 5.02 Å². The number of nitrogens with one attached hydrogen (secondary N) is 1. The summed E-state index contributed by atoms with van der Waals surface area (Å²) in [5.41, 5.74) is 3.61. The standard InChI is InChI=1S/C24H15ClN2OS/c25-22-19-11-5-6-12-21(19)29-23(22)24(28)27-26-14-20-17-9-3-1-7-15(17)13-16-8-2-4-10-18(16)20/h1-14H,(H,27,28)/b26-14+. The van der Waals surface area contributed by atoms with E-state index >= 15 is 0 Å². The minimum Gasteiger partial charge on any atom is -0.266 e. The molecule has 1 N–H and O–H groups in total. The van der Waals surface area contributed by atoms with E-state index in [-0.39, 0.29) is 5.91 Å². The van der Waals surface area contributed by atoms with Crippen molar-refractivity contribution >= 4 is 66.7 Å². The van der Waals surface area contributed by atoms with Gasteiger partial charge in [0.05, 0.1) is 11.2 Å². The van der Waals surface area contributed by atoms with Gasteiger partial charge >= 0.3 is 0 Å². The Bertz CT molecular complexity index is 1370. The molecule has 1 amide bonds. The maximum absolute atomic E-state index is 12.7. The van der Waals surface area contributed by atoms with Crippen molar-refractivity contribution in [2.45, 2.75) is 0 Å². The summed E-state index contributed by atoms with van der Waals surface area (Å²) in [5.74, 6) is -0.308. The van der Waals surface area contributed by atoms with Crippen LogP contribution in [-0.2, 0) is 0 Å². The van der Waals surface area contributed by atoms with E-state index in [4.69, 9.17) is 11.6 Å². The van der Waals surface area contributed by atoms with Gasteiger partial charge in [0.25, 0.3) is 5.91 Å². The van der Waals surface area contributed by atoms with Crippen LogP contribution in [0.5, 0.6) is 0 Å². The second-order valence-electron chi connectivity index (χ2n) is 6.67. The van der Waals surface area contributed by atoms with E-state index < -0.39 is 0 Å². The van der Waals surface area contributed by atoms with Gasteiger partial charge in [-0.3, -0.25) is 4.79 Å². The Hall–Kier alpha value is -3.21. The van der Waals surface area contributed by atoms with Crippen LogP contribution in [0.3, 0.4) is 0 Å². The molecule has 140 valence electrons. The predicted octanol–water partition coefficient (Wildman–Crippen LogP) is 6.63. The number of amides is 1. The van der Waals surface area contributed by atoms with Crippen LogP contribution >= 0.6 is 22.9 Å². The van der Waals surface area contributed by atoms with Gasteiger partial charge in [0.15, 0.2) is 0 Å². The van der Waals surface area contributed by atoms with E-state index in [1.807, 2.05) is 48.5 Å². The second kappa shape index (κ2) is 7.32. The third-order valence-electron chi connectivity index (χ3n) is 4.91. The molecule has 5 aromatic rings. The average molecular weight is 415 g/mol. The zero-order chi connectivity index (χ0) is 19.8. The number of benzene rings is 4. The molecule has 0 bridgehead atoms. The lowest BCUT2D eigenvalue weighted by Crippen LogP contribution is -2.16. The highest BCUT2D eigenvalue weighted by Crippen LogP contribution is 2.35. The Kier molecular flexibility index (Phi) is 4.51. The average Bonchev–Trinajstić information content (AvgIpc) is 3.10. The minimum atomic E-state index is -0.308. The van der Waals surface area contributed by atoms with E-state index in [1.165, 1.54) is 11.3 Å². The first-order chi connectivity index (χ1) is 14.2. The lowest BCUT2D eigenvalue weighted by Gasteiger charge is -2.07. The molecule has 0 saturated carbocycles. The van der Waals surface area contributed by atoms with Crippen molar-refractivity contribution in [3.63, 3.8) is 0 Å². The highest BCUT2D eigenvalue weighted by Gasteiger charge is 2.16. The van der Waals surface area contributed by atoms with Gasteiger partial charge in [0.1, 0.15) is 4.88 Å². The molecule has 0 atom stereocenters. The van der Waals surface area contributed by atoms with Crippen molar-refractivity contribution in [2.75, 3.05) is 0 Å². The quantitative estimate of drug-likeness (QED) is 0.201. The molecule has 0 radical (unpaired) electrons. The van der Waals surface area contributed by atoms with Crippen LogP contribution in [0.4, 0.5) is 0 Å². The number of nitrogens with zero attached hydrogens (tertiary/aromatic N) is 1. The Morgan fingerprint density at radius 1 is 0.862 bits per heavy atom. The molecule has 4 aromatic carbocycles. The van der Waals surface area contributed by atoms with Crippen molar-refractivity contribution in [3.8, 4) is 0 Å². The molecule has 5 heteroatoms. The van der Waals surface area contributed by atoms with Crippen molar-refractivity contribution in [3.05, 3.63) is 94.3 Å². The minimum absolute atomic E-state index is 0.308. The summed E-state index contributed by atoms with van der Waals surface area (Å²) in [4.78, 5) is 13.1. The monoisotopic (exact) mass is 414 g/mol. The fraction of sp³-hybridized carbons (Fsp3) is 0. The number of hydrazone groups is 1. The van der Waals surface area contributed by atoms with Gasteiger partial charge in [0.2, 0.25) is 0 Å². The lowest BCUT2D eigenvalue weighted by molar-refractivity contribution is 0.0959. The molecular formula is C24H15ClN2OS. The van der Waals surface area contributed by atoms with Gasteiger partial charge in [-0.15, -0.1) is 11.3 Å². The molecule has 3 nitrogen and oxygen atoms in total. The number of rotatable bonds is 3. The molecule has 5 rings (SSSR count). The molecule has 0 aliphatic heterocycles. The number of hydrogen-bond donors (Lipinski definition) is 1. The van der Waals surface area contributed by atoms with E-state index in [1.54, 1.807) is 6.21 Å². The van der Waals surface area contributed by atoms with Crippen LogP contribution in [0.15, 0.2) is 84.0 Å². The predicted molar refractivity (Wildman–Crippen MR) is 123 cm³/mol. The first-order valence-electron chi connectivity index (χ1n) is 9.13. The van der Waals surface area contributed by atoms with Crippen molar-refractivity contribution in [1.29, 1.82) is 0 Å². The molecule has 1 aromatic heterocycles. The van der Waals surface area contributed by atoms with Gasteiger partial charge in [-0.1, -0.05) is 78.3 Å². The summed E-state index contributed by atoms with van der Waals surface area (Å²) >= 11 is 7.77. The summed E-state index contributed by atoms with van der Waals surface area (Å²) in [7, 11) is 0. The lowest BCUT2D eigenvalue weighted by atomic mass is 9.97. The Morgan fingerprint density at radius 2 is 1.45 bits per heavy atom. The third kappa shape index (κ3) is 3.16. The molecule has 0 unspecified atom stereocenters. The van der Waals surface area contributed by atoms with Crippen LogP contribution in [-0.4, -0.2) is 12.1 Å². The van der Waals surface area contributed by atoms with Crippen LogP contribution < -0.4 is 5.43 Å². The van der Waals surface area contributed by atoms with E-state index in [0.29, 0.717) is 9.90 Å². The fourth-order valence-electron chi connectivity index (χ4n) is 3.55. The Morgan fingerprint density at radius 3 is 2.10 bits per heavy atom. The normalized spacial score (nSPS) is 11.6. The molecule has 1 heterocycles. The molecule has 0 saturated heterocycles. The largest absolute Gasteiger partial charge is 0.283 e. The van der Waals surface area contributed by atoms with Gasteiger partial charge in [0, 0.05) is 15.6 Å². The van der Waals surface area contributed by atoms with E-state index in [2.05, 4.69) is 40.9 Å². The molecule has 29 heavy (non-hydrogen) atoms. The molecule has 0 aliphatic carbocycles. The summed E-state index contributed by atoms with van der Waals surface area (Å²) in [5, 5.41) is 10.0. The number of thiophene rings is 1. The smallest absolute Gasteiger partial charge is 0.266 e. The van der Waals surface area contributed by atoms with Crippen LogP contribution in [0.1, 0.15) is 15.2 Å². The first-order valence-corrected chi connectivity index (χ1v) is 10.3. The summed E-state index contributed by atoms with van der Waals surface area (Å²) in [6.07, 6.45) is 1.71. The van der Waals surface area contributed by atoms with E-state index in [0.717, 1.165) is 37.2 Å². The van der Waals surface area contributed by atoms with Gasteiger partial charge in [-0.05, 0) is 33.7 Å². The molecule has 0 aliphatic rings. The third-order valence-corrected chi connectivity index (χ3v) is 6.59. The van der Waals surface area contributed by atoms with Crippen molar-refractivity contribution in [1.82, 2.24) is 5.43 Å². The van der Waals surface area contributed by atoms with Gasteiger partial charge in [-0.25, -0.2) is 5.43 Å². The second-order valence-corrected chi connectivity index (χ2v) is 8.10. The molecular weight excluding hydrogens is 400 g/mol. The maximum atomic E-state index is 12.7. The zero-order valence-electron chi connectivity index (χ0n) is 15.2. The summed E-state index contributed by atoms with van der Waals surface area (Å²) in [6.45, 7) is 0. The van der Waals surface area contributed by atoms with Gasteiger partial charge in [-0.2, -0.15) is 5.10 Å². The number of fused-ring (bicyclic) bond motifs is 3. The van der Waals surface area contributed by atoms with Crippen LogP contribution in [0, 0.1) is 0 Å².